The first-order chi connectivity index (χ1) is 12.2. The normalized spacial score (nSPS) is 12.9. The van der Waals surface area contributed by atoms with Crippen LogP contribution in [0.5, 0.6) is 11.8 Å². The molecular formula is C22H32N2O2. The first kappa shape index (κ1) is 20.2. The van der Waals surface area contributed by atoms with Crippen LogP contribution in [0.1, 0.15) is 64.5 Å². The van der Waals surface area contributed by atoms with Crippen LogP contribution in [0.2, 0.25) is 0 Å². The Morgan fingerprint density at radius 3 is 2.23 bits per heavy atom. The molecule has 4 nitrogen and oxygen atoms in total. The summed E-state index contributed by atoms with van der Waals surface area (Å²) in [5, 5.41) is 0. The second-order valence-corrected chi connectivity index (χ2v) is 8.16. The zero-order chi connectivity index (χ0) is 19.2. The van der Waals surface area contributed by atoms with Gasteiger partial charge in [-0.05, 0) is 56.1 Å². The highest BCUT2D eigenvalue weighted by atomic mass is 16.5. The molecule has 0 saturated carbocycles. The summed E-state index contributed by atoms with van der Waals surface area (Å²) < 4.78 is 11.5. The van der Waals surface area contributed by atoms with Crippen LogP contribution in [-0.2, 0) is 0 Å². The SMILES string of the molecule is Cc1ccc(OCC(C)(C)CCC(C)c2ccc(OC(C)C)nc2)nc1. The lowest BCUT2D eigenvalue weighted by atomic mass is 9.84. The second-order valence-electron chi connectivity index (χ2n) is 8.16. The monoisotopic (exact) mass is 356 g/mol. The van der Waals surface area contributed by atoms with E-state index in [1.807, 2.05) is 51.4 Å². The van der Waals surface area contributed by atoms with Gasteiger partial charge in [0.2, 0.25) is 11.8 Å². The Labute approximate surface area is 158 Å². The summed E-state index contributed by atoms with van der Waals surface area (Å²) in [5.41, 5.74) is 2.48. The zero-order valence-electron chi connectivity index (χ0n) is 17.0. The second kappa shape index (κ2) is 9.02. The molecule has 2 aromatic heterocycles. The maximum atomic E-state index is 5.88. The Morgan fingerprint density at radius 1 is 0.962 bits per heavy atom. The number of hydrogen-bond donors (Lipinski definition) is 0. The molecule has 0 N–H and O–H groups in total. The third-order valence-corrected chi connectivity index (χ3v) is 4.43. The van der Waals surface area contributed by atoms with Gasteiger partial charge in [-0.2, -0.15) is 0 Å². The minimum absolute atomic E-state index is 0.0922. The molecule has 0 bridgehead atoms. The van der Waals surface area contributed by atoms with Crippen LogP contribution in [0.4, 0.5) is 0 Å². The van der Waals surface area contributed by atoms with E-state index < -0.39 is 0 Å². The maximum absolute atomic E-state index is 5.88. The van der Waals surface area contributed by atoms with Gasteiger partial charge < -0.3 is 9.47 Å². The van der Waals surface area contributed by atoms with Gasteiger partial charge in [-0.25, -0.2) is 9.97 Å². The Hall–Kier alpha value is -2.10. The number of nitrogens with zero attached hydrogens (tertiary/aromatic N) is 2. The van der Waals surface area contributed by atoms with Gasteiger partial charge >= 0.3 is 0 Å². The first-order valence-corrected chi connectivity index (χ1v) is 9.43. The molecule has 0 aliphatic heterocycles. The molecule has 4 heteroatoms. The van der Waals surface area contributed by atoms with Crippen LogP contribution < -0.4 is 9.47 Å². The highest BCUT2D eigenvalue weighted by Crippen LogP contribution is 2.30. The molecule has 0 aromatic carbocycles. The molecule has 26 heavy (non-hydrogen) atoms. The van der Waals surface area contributed by atoms with Crippen LogP contribution in [0.3, 0.4) is 0 Å². The van der Waals surface area contributed by atoms with Gasteiger partial charge in [0.1, 0.15) is 0 Å². The van der Waals surface area contributed by atoms with E-state index in [4.69, 9.17) is 9.47 Å². The molecule has 1 atom stereocenters. The van der Waals surface area contributed by atoms with Crippen molar-refractivity contribution >= 4 is 0 Å². The van der Waals surface area contributed by atoms with Crippen LogP contribution >= 0.6 is 0 Å². The van der Waals surface area contributed by atoms with E-state index >= 15 is 0 Å². The van der Waals surface area contributed by atoms with Crippen molar-refractivity contribution in [2.75, 3.05) is 6.61 Å². The molecule has 0 aliphatic rings. The van der Waals surface area contributed by atoms with E-state index in [9.17, 15) is 0 Å². The van der Waals surface area contributed by atoms with Crippen LogP contribution in [0.15, 0.2) is 36.7 Å². The van der Waals surface area contributed by atoms with Crippen LogP contribution in [-0.4, -0.2) is 22.7 Å². The third kappa shape index (κ3) is 6.66. The van der Waals surface area contributed by atoms with Gasteiger partial charge in [0.15, 0.2) is 0 Å². The predicted molar refractivity (Wildman–Crippen MR) is 106 cm³/mol. The van der Waals surface area contributed by atoms with Crippen molar-refractivity contribution in [1.29, 1.82) is 0 Å². The molecule has 2 rings (SSSR count). The quantitative estimate of drug-likeness (QED) is 0.590. The van der Waals surface area contributed by atoms with Gasteiger partial charge in [0.25, 0.3) is 0 Å². The predicted octanol–water partition coefficient (Wildman–Crippen LogP) is 5.56. The first-order valence-electron chi connectivity index (χ1n) is 9.43. The van der Waals surface area contributed by atoms with Gasteiger partial charge in [-0.3, -0.25) is 0 Å². The highest BCUT2D eigenvalue weighted by molar-refractivity contribution is 5.21. The number of pyridine rings is 2. The third-order valence-electron chi connectivity index (χ3n) is 4.43. The number of aryl methyl sites for hydroxylation is 1. The van der Waals surface area contributed by atoms with Gasteiger partial charge in [-0.15, -0.1) is 0 Å². The van der Waals surface area contributed by atoms with Crippen molar-refractivity contribution in [2.45, 2.75) is 66.4 Å². The Kier molecular flexibility index (Phi) is 7.01. The molecule has 0 fully saturated rings. The van der Waals surface area contributed by atoms with Gasteiger partial charge in [0, 0.05) is 24.5 Å². The average Bonchev–Trinajstić information content (AvgIpc) is 2.59. The lowest BCUT2D eigenvalue weighted by Gasteiger charge is -2.26. The van der Waals surface area contributed by atoms with E-state index in [1.165, 1.54) is 5.56 Å². The lowest BCUT2D eigenvalue weighted by Crippen LogP contribution is -2.22. The summed E-state index contributed by atoms with van der Waals surface area (Å²) in [5.74, 6) is 1.84. The minimum atomic E-state index is 0.0922. The summed E-state index contributed by atoms with van der Waals surface area (Å²) in [4.78, 5) is 8.72. The van der Waals surface area contributed by atoms with E-state index in [-0.39, 0.29) is 11.5 Å². The summed E-state index contributed by atoms with van der Waals surface area (Å²) >= 11 is 0. The Morgan fingerprint density at radius 2 is 1.65 bits per heavy atom. The van der Waals surface area contributed by atoms with Crippen molar-refractivity contribution in [3.63, 3.8) is 0 Å². The largest absolute Gasteiger partial charge is 0.477 e. The van der Waals surface area contributed by atoms with E-state index in [1.54, 1.807) is 0 Å². The number of ether oxygens (including phenoxy) is 2. The molecule has 0 amide bonds. The summed E-state index contributed by atoms with van der Waals surface area (Å²) in [6, 6.07) is 8.04. The highest BCUT2D eigenvalue weighted by Gasteiger charge is 2.21. The van der Waals surface area contributed by atoms with Crippen LogP contribution in [0, 0.1) is 12.3 Å². The van der Waals surface area contributed by atoms with Gasteiger partial charge in [-0.1, -0.05) is 32.9 Å². The number of hydrogen-bond acceptors (Lipinski definition) is 4. The summed E-state index contributed by atoms with van der Waals surface area (Å²) in [6.07, 6.45) is 6.08. The van der Waals surface area contributed by atoms with Crippen molar-refractivity contribution in [3.8, 4) is 11.8 Å². The van der Waals surface area contributed by atoms with Crippen molar-refractivity contribution in [2.24, 2.45) is 5.41 Å². The molecule has 0 radical (unpaired) electrons. The topological polar surface area (TPSA) is 44.2 Å². The fourth-order valence-electron chi connectivity index (χ4n) is 2.65. The van der Waals surface area contributed by atoms with Crippen LogP contribution in [0.25, 0.3) is 0 Å². The smallest absolute Gasteiger partial charge is 0.213 e. The van der Waals surface area contributed by atoms with Crippen molar-refractivity contribution in [3.05, 3.63) is 47.8 Å². The Balaban J connectivity index is 1.82. The molecule has 0 saturated heterocycles. The zero-order valence-corrected chi connectivity index (χ0v) is 17.0. The summed E-state index contributed by atoms with van der Waals surface area (Å²) in [6.45, 7) is 13.4. The van der Waals surface area contributed by atoms with E-state index in [0.29, 0.717) is 24.3 Å². The molecule has 142 valence electrons. The average molecular weight is 357 g/mol. The van der Waals surface area contributed by atoms with Crippen molar-refractivity contribution < 1.29 is 9.47 Å². The number of rotatable bonds is 9. The Bertz CT molecular complexity index is 664. The summed E-state index contributed by atoms with van der Waals surface area (Å²) in [7, 11) is 0. The maximum Gasteiger partial charge on any atom is 0.213 e. The molecule has 2 aromatic rings. The van der Waals surface area contributed by atoms with Crippen molar-refractivity contribution in [1.82, 2.24) is 9.97 Å². The fraction of sp³-hybridized carbons (Fsp3) is 0.545. The van der Waals surface area contributed by atoms with Gasteiger partial charge in [0.05, 0.1) is 12.7 Å². The van der Waals surface area contributed by atoms with E-state index in [0.717, 1.165) is 18.4 Å². The molecule has 0 aliphatic carbocycles. The molecule has 0 spiro atoms. The standard InChI is InChI=1S/C22H32N2O2/c1-16(2)26-21-10-8-19(14-24-21)18(4)11-12-22(5,6)15-25-20-9-7-17(3)13-23-20/h7-10,13-14,16,18H,11-12,15H2,1-6H3. The minimum Gasteiger partial charge on any atom is -0.477 e. The lowest BCUT2D eigenvalue weighted by molar-refractivity contribution is 0.159. The number of aromatic nitrogens is 2. The molecular weight excluding hydrogens is 324 g/mol. The molecule has 2 heterocycles. The van der Waals surface area contributed by atoms with E-state index in [2.05, 4.69) is 36.8 Å². The fourth-order valence-corrected chi connectivity index (χ4v) is 2.65. The molecule has 1 unspecified atom stereocenters.